The van der Waals surface area contributed by atoms with Gasteiger partial charge in [-0.05, 0) is 22.9 Å². The lowest BCUT2D eigenvalue weighted by molar-refractivity contribution is -0.121. The van der Waals surface area contributed by atoms with E-state index in [1.54, 1.807) is 10.6 Å². The van der Waals surface area contributed by atoms with E-state index in [2.05, 4.69) is 31.0 Å². The zero-order chi connectivity index (χ0) is 21.1. The molecule has 0 aliphatic heterocycles. The van der Waals surface area contributed by atoms with Crippen LogP contribution in [-0.2, 0) is 16.1 Å². The fourth-order valence-corrected chi connectivity index (χ4v) is 4.20. The average molecular weight is 421 g/mol. The number of primary amides is 1. The Balaban J connectivity index is 2.32. The van der Waals surface area contributed by atoms with Crippen molar-refractivity contribution >= 4 is 34.8 Å². The van der Waals surface area contributed by atoms with Crippen LogP contribution in [0.1, 0.15) is 41.5 Å². The first-order chi connectivity index (χ1) is 12.9. The highest BCUT2D eigenvalue weighted by Crippen LogP contribution is 2.33. The standard InChI is InChI=1S/C20H28N4O2S2/c1-19(2,3)13(10-15(25)20(4,5)6)12-28-18-23-22-17(14-8-7-9-27-14)24(18)11-16(21)26/h7-10H,11-12H2,1-6H3,(H2,21,26)/b13-10-. The van der Waals surface area contributed by atoms with E-state index >= 15 is 0 Å². The maximum absolute atomic E-state index is 12.5. The maximum Gasteiger partial charge on any atom is 0.237 e. The molecule has 2 aromatic rings. The number of nitrogens with two attached hydrogens (primary N) is 1. The fraction of sp³-hybridized carbons (Fsp3) is 0.500. The number of hydrogen-bond acceptors (Lipinski definition) is 6. The van der Waals surface area contributed by atoms with Crippen molar-refractivity contribution in [2.75, 3.05) is 5.75 Å². The third-order valence-corrected chi connectivity index (χ3v) is 6.02. The number of thioether (sulfide) groups is 1. The SMILES string of the molecule is CC(C)(C)C(=O)/C=C(/CSc1nnc(-c2cccs2)n1CC(N)=O)C(C)(C)C. The predicted octanol–water partition coefficient (Wildman–Crippen LogP) is 4.17. The Kier molecular flexibility index (Phi) is 6.88. The third-order valence-electron chi connectivity index (χ3n) is 4.14. The Labute approximate surface area is 174 Å². The maximum atomic E-state index is 12.5. The number of carbonyl (C=O) groups is 2. The molecule has 2 aromatic heterocycles. The van der Waals surface area contributed by atoms with Crippen LogP contribution in [0.4, 0.5) is 0 Å². The molecule has 0 spiro atoms. The number of aromatic nitrogens is 3. The van der Waals surface area contributed by atoms with E-state index in [-0.39, 0.29) is 17.7 Å². The van der Waals surface area contributed by atoms with Gasteiger partial charge in [-0.1, -0.05) is 64.9 Å². The monoisotopic (exact) mass is 420 g/mol. The summed E-state index contributed by atoms with van der Waals surface area (Å²) < 4.78 is 1.74. The molecule has 2 rings (SSSR count). The van der Waals surface area contributed by atoms with E-state index in [1.807, 2.05) is 38.3 Å². The van der Waals surface area contributed by atoms with Gasteiger partial charge >= 0.3 is 0 Å². The number of carbonyl (C=O) groups excluding carboxylic acids is 2. The van der Waals surface area contributed by atoms with E-state index in [0.29, 0.717) is 16.7 Å². The largest absolute Gasteiger partial charge is 0.368 e. The topological polar surface area (TPSA) is 90.9 Å². The summed E-state index contributed by atoms with van der Waals surface area (Å²) in [5.74, 6) is 0.848. The summed E-state index contributed by atoms with van der Waals surface area (Å²) in [5.41, 5.74) is 5.86. The summed E-state index contributed by atoms with van der Waals surface area (Å²) >= 11 is 2.99. The van der Waals surface area contributed by atoms with Gasteiger partial charge in [-0.15, -0.1) is 21.5 Å². The van der Waals surface area contributed by atoms with Gasteiger partial charge in [-0.25, -0.2) is 0 Å². The van der Waals surface area contributed by atoms with Gasteiger partial charge in [0.2, 0.25) is 5.91 Å². The summed E-state index contributed by atoms with van der Waals surface area (Å²) in [7, 11) is 0. The number of ketones is 1. The quantitative estimate of drug-likeness (QED) is 0.536. The highest BCUT2D eigenvalue weighted by atomic mass is 32.2. The molecule has 152 valence electrons. The van der Waals surface area contributed by atoms with Gasteiger partial charge in [-0.3, -0.25) is 14.2 Å². The molecule has 2 heterocycles. The predicted molar refractivity (Wildman–Crippen MR) is 115 cm³/mol. The van der Waals surface area contributed by atoms with E-state index in [9.17, 15) is 9.59 Å². The van der Waals surface area contributed by atoms with Crippen molar-refractivity contribution < 1.29 is 9.59 Å². The third kappa shape index (κ3) is 5.78. The first-order valence-corrected chi connectivity index (χ1v) is 10.9. The molecule has 1 amide bonds. The van der Waals surface area contributed by atoms with E-state index in [0.717, 1.165) is 10.5 Å². The molecule has 0 fully saturated rings. The highest BCUT2D eigenvalue weighted by Gasteiger charge is 2.25. The van der Waals surface area contributed by atoms with Crippen molar-refractivity contribution in [2.24, 2.45) is 16.6 Å². The van der Waals surface area contributed by atoms with E-state index < -0.39 is 11.3 Å². The second-order valence-corrected chi connectivity index (χ2v) is 10.5. The number of nitrogens with zero attached hydrogens (tertiary/aromatic N) is 3. The number of hydrogen-bond donors (Lipinski definition) is 1. The van der Waals surface area contributed by atoms with Crippen LogP contribution in [0.25, 0.3) is 10.7 Å². The minimum absolute atomic E-state index is 0.0120. The van der Waals surface area contributed by atoms with Crippen molar-refractivity contribution in [2.45, 2.75) is 53.2 Å². The van der Waals surface area contributed by atoms with Gasteiger partial charge in [0.05, 0.1) is 4.88 Å². The first-order valence-electron chi connectivity index (χ1n) is 9.03. The zero-order valence-electron chi connectivity index (χ0n) is 17.3. The Bertz CT molecular complexity index is 869. The zero-order valence-corrected chi connectivity index (χ0v) is 18.9. The molecule has 28 heavy (non-hydrogen) atoms. The number of thiophene rings is 1. The van der Waals surface area contributed by atoms with E-state index in [4.69, 9.17) is 5.73 Å². The van der Waals surface area contributed by atoms with Gasteiger partial charge in [0.1, 0.15) is 6.54 Å². The van der Waals surface area contributed by atoms with Crippen LogP contribution in [-0.4, -0.2) is 32.2 Å². The highest BCUT2D eigenvalue weighted by molar-refractivity contribution is 7.99. The summed E-state index contributed by atoms with van der Waals surface area (Å²) in [6.45, 7) is 12.0. The lowest BCUT2D eigenvalue weighted by atomic mass is 9.83. The van der Waals surface area contributed by atoms with Crippen molar-refractivity contribution in [3.8, 4) is 10.7 Å². The van der Waals surface area contributed by atoms with Gasteiger partial charge < -0.3 is 5.73 Å². The Morgan fingerprint density at radius 1 is 1.18 bits per heavy atom. The molecular formula is C20H28N4O2S2. The van der Waals surface area contributed by atoms with Crippen LogP contribution >= 0.6 is 23.1 Å². The van der Waals surface area contributed by atoms with Crippen molar-refractivity contribution in [1.82, 2.24) is 14.8 Å². The van der Waals surface area contributed by atoms with Crippen molar-refractivity contribution in [1.29, 1.82) is 0 Å². The molecule has 0 saturated carbocycles. The molecule has 0 saturated heterocycles. The molecule has 0 radical (unpaired) electrons. The minimum Gasteiger partial charge on any atom is -0.368 e. The molecule has 6 nitrogen and oxygen atoms in total. The van der Waals surface area contributed by atoms with Crippen LogP contribution in [0.2, 0.25) is 0 Å². The number of amides is 1. The minimum atomic E-state index is -0.450. The molecule has 0 aliphatic rings. The Morgan fingerprint density at radius 2 is 1.86 bits per heavy atom. The molecule has 0 unspecified atom stereocenters. The van der Waals surface area contributed by atoms with Crippen molar-refractivity contribution in [3.05, 3.63) is 29.2 Å². The molecule has 2 N–H and O–H groups in total. The molecule has 0 aliphatic carbocycles. The Hall–Kier alpha value is -1.93. The van der Waals surface area contributed by atoms with Gasteiger partial charge in [0.25, 0.3) is 0 Å². The lowest BCUT2D eigenvalue weighted by Gasteiger charge is -2.24. The van der Waals surface area contributed by atoms with Gasteiger partial charge in [0, 0.05) is 11.2 Å². The molecular weight excluding hydrogens is 392 g/mol. The van der Waals surface area contributed by atoms with Crippen LogP contribution < -0.4 is 5.73 Å². The normalized spacial score (nSPS) is 13.0. The van der Waals surface area contributed by atoms with Crippen LogP contribution in [0.15, 0.2) is 34.3 Å². The van der Waals surface area contributed by atoms with Gasteiger partial charge in [-0.2, -0.15) is 0 Å². The lowest BCUT2D eigenvalue weighted by Crippen LogP contribution is -2.22. The van der Waals surface area contributed by atoms with Crippen LogP contribution in [0, 0.1) is 10.8 Å². The summed E-state index contributed by atoms with van der Waals surface area (Å²) in [4.78, 5) is 25.0. The van der Waals surface area contributed by atoms with Crippen LogP contribution in [0.5, 0.6) is 0 Å². The average Bonchev–Trinajstić information content (AvgIpc) is 3.18. The molecule has 0 aromatic carbocycles. The van der Waals surface area contributed by atoms with Crippen molar-refractivity contribution in [3.63, 3.8) is 0 Å². The summed E-state index contributed by atoms with van der Waals surface area (Å²) in [5, 5.41) is 11.1. The Morgan fingerprint density at radius 3 is 2.36 bits per heavy atom. The van der Waals surface area contributed by atoms with Gasteiger partial charge in [0.15, 0.2) is 16.8 Å². The summed E-state index contributed by atoms with van der Waals surface area (Å²) in [6.07, 6.45) is 1.75. The first kappa shape index (κ1) is 22.4. The number of rotatable bonds is 7. The second-order valence-electron chi connectivity index (χ2n) is 8.66. The van der Waals surface area contributed by atoms with Crippen LogP contribution in [0.3, 0.4) is 0 Å². The second kappa shape index (κ2) is 8.61. The van der Waals surface area contributed by atoms with E-state index in [1.165, 1.54) is 23.1 Å². The molecule has 0 bridgehead atoms. The molecule has 8 heteroatoms. The molecule has 0 atom stereocenters. The summed E-state index contributed by atoms with van der Waals surface area (Å²) in [6, 6.07) is 3.86. The number of allylic oxidation sites excluding steroid dienone is 1. The smallest absolute Gasteiger partial charge is 0.237 e. The fourth-order valence-electron chi connectivity index (χ4n) is 2.27.